The van der Waals surface area contributed by atoms with Crippen LogP contribution in [0, 0.1) is 17.8 Å². The molecule has 28 heavy (non-hydrogen) atoms. The molecular formula is C20H32F3N5. The van der Waals surface area contributed by atoms with Crippen LogP contribution in [0.1, 0.15) is 52.0 Å². The average molecular weight is 400 g/mol. The summed E-state index contributed by atoms with van der Waals surface area (Å²) in [6.45, 7) is 7.51. The van der Waals surface area contributed by atoms with Gasteiger partial charge in [-0.15, -0.1) is 0 Å². The highest BCUT2D eigenvalue weighted by Crippen LogP contribution is 2.39. The van der Waals surface area contributed by atoms with E-state index in [0.29, 0.717) is 31.3 Å². The second-order valence-electron chi connectivity index (χ2n) is 8.24. The largest absolute Gasteiger partial charge is 0.391 e. The second-order valence-corrected chi connectivity index (χ2v) is 8.24. The number of guanidine groups is 1. The zero-order valence-electron chi connectivity index (χ0n) is 16.8. The van der Waals surface area contributed by atoms with Crippen molar-refractivity contribution in [1.29, 1.82) is 0 Å². The molecule has 1 saturated carbocycles. The molecule has 1 aliphatic carbocycles. The zero-order valence-corrected chi connectivity index (χ0v) is 16.8. The maximum atomic E-state index is 12.9. The van der Waals surface area contributed by atoms with Gasteiger partial charge in [-0.25, -0.2) is 4.98 Å². The van der Waals surface area contributed by atoms with Gasteiger partial charge in [0.1, 0.15) is 0 Å². The zero-order chi connectivity index (χ0) is 20.1. The van der Waals surface area contributed by atoms with E-state index in [1.165, 1.54) is 0 Å². The predicted molar refractivity (Wildman–Crippen MR) is 104 cm³/mol. The molecule has 2 fully saturated rings. The van der Waals surface area contributed by atoms with Crippen LogP contribution in [0.2, 0.25) is 0 Å². The van der Waals surface area contributed by atoms with Gasteiger partial charge in [-0.1, -0.05) is 6.92 Å². The van der Waals surface area contributed by atoms with Crippen molar-refractivity contribution < 1.29 is 13.2 Å². The molecule has 8 heteroatoms. The number of aliphatic imine (C=N–C) groups is 1. The standard InChI is InChI=1S/C20H32F3N5/c1-3-25-19(26-12-16-4-6-17(7-5-16)20(21,22)23)27-10-8-15(2)18(13-27)28-11-9-24-14-28/h9,11,14-18H,3-8,10,12-13H2,1-2H3,(H,25,26). The highest BCUT2D eigenvalue weighted by molar-refractivity contribution is 5.80. The normalized spacial score (nSPS) is 29.8. The lowest BCUT2D eigenvalue weighted by molar-refractivity contribution is -0.183. The summed E-state index contributed by atoms with van der Waals surface area (Å²) in [4.78, 5) is 11.3. The van der Waals surface area contributed by atoms with E-state index < -0.39 is 12.1 Å². The highest BCUT2D eigenvalue weighted by Gasteiger charge is 2.41. The number of imidazole rings is 1. The summed E-state index contributed by atoms with van der Waals surface area (Å²) >= 11 is 0. The predicted octanol–water partition coefficient (Wildman–Crippen LogP) is 4.10. The van der Waals surface area contributed by atoms with Crippen LogP contribution in [0.4, 0.5) is 13.2 Å². The SMILES string of the molecule is CCNC(=NCC1CCC(C(F)(F)F)CC1)N1CCC(C)C(n2ccnc2)C1. The van der Waals surface area contributed by atoms with E-state index in [4.69, 9.17) is 4.99 Å². The maximum absolute atomic E-state index is 12.9. The minimum Gasteiger partial charge on any atom is -0.357 e. The molecule has 0 spiro atoms. The van der Waals surface area contributed by atoms with Crippen molar-refractivity contribution in [2.75, 3.05) is 26.2 Å². The Bertz CT molecular complexity index is 620. The van der Waals surface area contributed by atoms with E-state index in [2.05, 4.69) is 26.7 Å². The van der Waals surface area contributed by atoms with E-state index in [9.17, 15) is 13.2 Å². The Kier molecular flexibility index (Phi) is 6.88. The van der Waals surface area contributed by atoms with Gasteiger partial charge in [0.05, 0.1) is 18.3 Å². The Labute approximate surface area is 165 Å². The smallest absolute Gasteiger partial charge is 0.357 e. The van der Waals surface area contributed by atoms with Gasteiger partial charge in [-0.3, -0.25) is 4.99 Å². The van der Waals surface area contributed by atoms with E-state index in [1.807, 2.05) is 25.6 Å². The Morgan fingerprint density at radius 3 is 2.57 bits per heavy atom. The molecule has 2 heterocycles. The molecule has 158 valence electrons. The van der Waals surface area contributed by atoms with Gasteiger partial charge in [-0.2, -0.15) is 13.2 Å². The van der Waals surface area contributed by atoms with Crippen molar-refractivity contribution in [3.8, 4) is 0 Å². The Morgan fingerprint density at radius 2 is 1.96 bits per heavy atom. The Hall–Kier alpha value is -1.73. The number of alkyl halides is 3. The summed E-state index contributed by atoms with van der Waals surface area (Å²) < 4.78 is 40.7. The van der Waals surface area contributed by atoms with Crippen molar-refractivity contribution in [3.05, 3.63) is 18.7 Å². The fourth-order valence-electron chi connectivity index (χ4n) is 4.41. The molecule has 2 aliphatic rings. The van der Waals surface area contributed by atoms with E-state index in [0.717, 1.165) is 32.0 Å². The van der Waals surface area contributed by atoms with Crippen LogP contribution in [-0.2, 0) is 0 Å². The number of hydrogen-bond acceptors (Lipinski definition) is 2. The number of rotatable bonds is 4. The maximum Gasteiger partial charge on any atom is 0.391 e. The number of piperidine rings is 1. The second kappa shape index (κ2) is 9.18. The average Bonchev–Trinajstić information content (AvgIpc) is 3.20. The molecule has 0 amide bonds. The van der Waals surface area contributed by atoms with Crippen LogP contribution in [0.25, 0.3) is 0 Å². The number of hydrogen-bond donors (Lipinski definition) is 1. The molecule has 1 saturated heterocycles. The summed E-state index contributed by atoms with van der Waals surface area (Å²) in [5, 5.41) is 3.38. The molecule has 1 N–H and O–H groups in total. The number of halogens is 3. The first-order valence-electron chi connectivity index (χ1n) is 10.5. The van der Waals surface area contributed by atoms with E-state index in [-0.39, 0.29) is 18.8 Å². The van der Waals surface area contributed by atoms with Gasteiger partial charge >= 0.3 is 6.18 Å². The molecule has 2 atom stereocenters. The minimum absolute atomic E-state index is 0.240. The monoisotopic (exact) mass is 399 g/mol. The first-order valence-corrected chi connectivity index (χ1v) is 10.5. The third kappa shape index (κ3) is 5.20. The molecule has 5 nitrogen and oxygen atoms in total. The number of nitrogens with one attached hydrogen (secondary N) is 1. The van der Waals surface area contributed by atoms with E-state index >= 15 is 0 Å². The quantitative estimate of drug-likeness (QED) is 0.612. The minimum atomic E-state index is -4.05. The molecule has 0 bridgehead atoms. The lowest BCUT2D eigenvalue weighted by Gasteiger charge is -2.39. The third-order valence-corrected chi connectivity index (χ3v) is 6.27. The summed E-state index contributed by atoms with van der Waals surface area (Å²) in [6, 6.07) is 0.349. The number of likely N-dealkylation sites (tertiary alicyclic amines) is 1. The van der Waals surface area contributed by atoms with Crippen molar-refractivity contribution in [1.82, 2.24) is 19.8 Å². The van der Waals surface area contributed by atoms with Gasteiger partial charge in [0.25, 0.3) is 0 Å². The fraction of sp³-hybridized carbons (Fsp3) is 0.800. The van der Waals surface area contributed by atoms with Crippen LogP contribution in [0.15, 0.2) is 23.7 Å². The molecule has 3 rings (SSSR count). The summed E-state index contributed by atoms with van der Waals surface area (Å²) in [5.41, 5.74) is 0. The van der Waals surface area contributed by atoms with Crippen LogP contribution >= 0.6 is 0 Å². The lowest BCUT2D eigenvalue weighted by Crippen LogP contribution is -2.49. The van der Waals surface area contributed by atoms with Gasteiger partial charge in [0, 0.05) is 38.6 Å². The van der Waals surface area contributed by atoms with Crippen LogP contribution < -0.4 is 5.32 Å². The van der Waals surface area contributed by atoms with Gasteiger partial charge < -0.3 is 14.8 Å². The van der Waals surface area contributed by atoms with Crippen LogP contribution in [0.3, 0.4) is 0 Å². The molecular weight excluding hydrogens is 367 g/mol. The van der Waals surface area contributed by atoms with Crippen LogP contribution in [0.5, 0.6) is 0 Å². The van der Waals surface area contributed by atoms with Gasteiger partial charge in [0.15, 0.2) is 5.96 Å². The van der Waals surface area contributed by atoms with Crippen molar-refractivity contribution in [2.24, 2.45) is 22.7 Å². The fourth-order valence-corrected chi connectivity index (χ4v) is 4.41. The Morgan fingerprint density at radius 1 is 1.21 bits per heavy atom. The van der Waals surface area contributed by atoms with Crippen molar-refractivity contribution in [3.63, 3.8) is 0 Å². The molecule has 2 unspecified atom stereocenters. The summed E-state index contributed by atoms with van der Waals surface area (Å²) in [5.74, 6) is 0.573. The van der Waals surface area contributed by atoms with E-state index in [1.54, 1.807) is 0 Å². The van der Waals surface area contributed by atoms with Crippen molar-refractivity contribution in [2.45, 2.75) is 58.2 Å². The number of nitrogens with zero attached hydrogens (tertiary/aromatic N) is 4. The van der Waals surface area contributed by atoms with Crippen molar-refractivity contribution >= 4 is 5.96 Å². The third-order valence-electron chi connectivity index (χ3n) is 6.27. The highest BCUT2D eigenvalue weighted by atomic mass is 19.4. The first kappa shape index (κ1) is 21.0. The summed E-state index contributed by atoms with van der Waals surface area (Å²) in [7, 11) is 0. The first-order chi connectivity index (χ1) is 13.4. The lowest BCUT2D eigenvalue weighted by atomic mass is 9.82. The van der Waals surface area contributed by atoms with Gasteiger partial charge in [-0.05, 0) is 50.9 Å². The molecule has 0 aromatic carbocycles. The van der Waals surface area contributed by atoms with Crippen LogP contribution in [-0.4, -0.2) is 52.8 Å². The number of aromatic nitrogens is 2. The molecule has 1 aliphatic heterocycles. The molecule has 1 aromatic rings. The summed E-state index contributed by atoms with van der Waals surface area (Å²) in [6.07, 6.45) is 4.42. The molecule has 1 aromatic heterocycles. The topological polar surface area (TPSA) is 45.5 Å². The Balaban J connectivity index is 1.60. The molecule has 0 radical (unpaired) electrons. The van der Waals surface area contributed by atoms with Gasteiger partial charge in [0.2, 0.25) is 0 Å².